The van der Waals surface area contributed by atoms with Gasteiger partial charge >= 0.3 is 5.97 Å². The maximum Gasteiger partial charge on any atom is 0.337 e. The van der Waals surface area contributed by atoms with Gasteiger partial charge in [-0.2, -0.15) is 0 Å². The number of nitrogens with zero attached hydrogens (tertiary/aromatic N) is 1. The first-order valence-corrected chi connectivity index (χ1v) is 7.27. The van der Waals surface area contributed by atoms with E-state index in [0.717, 1.165) is 32.1 Å². The van der Waals surface area contributed by atoms with Gasteiger partial charge in [0.2, 0.25) is 0 Å². The third kappa shape index (κ3) is 5.30. The van der Waals surface area contributed by atoms with E-state index in [1.807, 2.05) is 19.2 Å². The number of hydrogen-bond acceptors (Lipinski definition) is 4. The molecular formula is C16H25ClN2O2. The van der Waals surface area contributed by atoms with Crippen LogP contribution < -0.4 is 5.32 Å². The number of hydrogen-bond donors (Lipinski definition) is 1. The first-order valence-electron chi connectivity index (χ1n) is 7.27. The van der Waals surface area contributed by atoms with Crippen LogP contribution in [-0.4, -0.2) is 44.7 Å². The van der Waals surface area contributed by atoms with Crippen LogP contribution in [0.5, 0.6) is 0 Å². The minimum atomic E-state index is -0.265. The first kappa shape index (κ1) is 18.0. The quantitative estimate of drug-likeness (QED) is 0.847. The van der Waals surface area contributed by atoms with Crippen LogP contribution >= 0.6 is 12.4 Å². The van der Waals surface area contributed by atoms with E-state index in [1.54, 1.807) is 6.07 Å². The Labute approximate surface area is 133 Å². The molecule has 1 atom stereocenters. The second-order valence-electron chi connectivity index (χ2n) is 5.49. The number of carbonyl (C=O) groups is 1. The molecule has 1 aliphatic heterocycles. The molecule has 1 N–H and O–H groups in total. The monoisotopic (exact) mass is 312 g/mol. The number of methoxy groups -OCH3 is 1. The molecule has 1 aromatic carbocycles. The number of benzene rings is 1. The number of nitrogens with one attached hydrogen (secondary N) is 1. The highest BCUT2D eigenvalue weighted by molar-refractivity contribution is 5.89. The van der Waals surface area contributed by atoms with E-state index in [2.05, 4.69) is 16.3 Å². The Morgan fingerprint density at radius 2 is 2.29 bits per heavy atom. The third-order valence-electron chi connectivity index (χ3n) is 3.85. The van der Waals surface area contributed by atoms with Crippen molar-refractivity contribution < 1.29 is 9.53 Å². The van der Waals surface area contributed by atoms with Crippen molar-refractivity contribution in [2.75, 3.05) is 33.8 Å². The number of ether oxygens (including phenoxy) is 1. The smallest absolute Gasteiger partial charge is 0.337 e. The molecule has 1 heterocycles. The molecule has 118 valence electrons. The predicted octanol–water partition coefficient (Wildman–Crippen LogP) is 2.33. The Hall–Kier alpha value is -1.10. The van der Waals surface area contributed by atoms with Crippen LogP contribution in [0.3, 0.4) is 0 Å². The fourth-order valence-corrected chi connectivity index (χ4v) is 2.92. The fraction of sp³-hybridized carbons (Fsp3) is 0.562. The summed E-state index contributed by atoms with van der Waals surface area (Å²) in [4.78, 5) is 14.0. The molecule has 0 saturated carbocycles. The van der Waals surface area contributed by atoms with Gasteiger partial charge in [0.05, 0.1) is 12.7 Å². The zero-order valence-electron chi connectivity index (χ0n) is 12.8. The lowest BCUT2D eigenvalue weighted by atomic mass is 9.97. The lowest BCUT2D eigenvalue weighted by Crippen LogP contribution is -2.38. The Kier molecular flexibility index (Phi) is 7.72. The zero-order chi connectivity index (χ0) is 14.4. The summed E-state index contributed by atoms with van der Waals surface area (Å²) >= 11 is 0. The lowest BCUT2D eigenvalue weighted by molar-refractivity contribution is 0.0600. The van der Waals surface area contributed by atoms with E-state index in [4.69, 9.17) is 4.74 Å². The van der Waals surface area contributed by atoms with Crippen molar-refractivity contribution in [2.24, 2.45) is 5.92 Å². The second kappa shape index (κ2) is 9.03. The number of rotatable bonds is 5. The molecule has 0 aromatic heterocycles. The minimum absolute atomic E-state index is 0. The number of halogens is 1. The van der Waals surface area contributed by atoms with E-state index in [-0.39, 0.29) is 18.4 Å². The van der Waals surface area contributed by atoms with Gasteiger partial charge in [-0.25, -0.2) is 4.79 Å². The maximum atomic E-state index is 11.6. The fourth-order valence-electron chi connectivity index (χ4n) is 2.92. The average Bonchev–Trinajstić information content (AvgIpc) is 2.47. The molecule has 0 bridgehead atoms. The first-order chi connectivity index (χ1) is 9.72. The molecule has 1 aromatic rings. The largest absolute Gasteiger partial charge is 0.465 e. The van der Waals surface area contributed by atoms with E-state index >= 15 is 0 Å². The van der Waals surface area contributed by atoms with E-state index < -0.39 is 0 Å². The van der Waals surface area contributed by atoms with Crippen LogP contribution in [0.25, 0.3) is 0 Å². The van der Waals surface area contributed by atoms with Gasteiger partial charge in [-0.15, -0.1) is 12.4 Å². The molecule has 0 aliphatic carbocycles. The highest BCUT2D eigenvalue weighted by atomic mass is 35.5. The number of carbonyl (C=O) groups excluding carboxylic acids is 1. The molecule has 0 spiro atoms. The molecule has 1 aliphatic rings. The highest BCUT2D eigenvalue weighted by Crippen LogP contribution is 2.18. The number of esters is 1. The Balaban J connectivity index is 0.00000220. The molecule has 1 saturated heterocycles. The van der Waals surface area contributed by atoms with Crippen molar-refractivity contribution in [3.63, 3.8) is 0 Å². The van der Waals surface area contributed by atoms with Gasteiger partial charge in [-0.3, -0.25) is 4.90 Å². The molecule has 1 unspecified atom stereocenters. The zero-order valence-corrected chi connectivity index (χ0v) is 13.6. The summed E-state index contributed by atoms with van der Waals surface area (Å²) < 4.78 is 4.77. The lowest BCUT2D eigenvalue weighted by Gasteiger charge is -2.32. The van der Waals surface area contributed by atoms with E-state index in [9.17, 15) is 4.79 Å². The average molecular weight is 313 g/mol. The summed E-state index contributed by atoms with van der Waals surface area (Å²) in [5, 5.41) is 3.27. The Morgan fingerprint density at radius 3 is 3.00 bits per heavy atom. The van der Waals surface area contributed by atoms with Crippen molar-refractivity contribution in [1.29, 1.82) is 0 Å². The normalized spacial score (nSPS) is 18.9. The molecule has 2 rings (SSSR count). The van der Waals surface area contributed by atoms with Gasteiger partial charge in [0.1, 0.15) is 0 Å². The van der Waals surface area contributed by atoms with Gasteiger partial charge < -0.3 is 10.1 Å². The molecule has 0 radical (unpaired) electrons. The van der Waals surface area contributed by atoms with Crippen molar-refractivity contribution in [3.05, 3.63) is 35.4 Å². The summed E-state index contributed by atoms with van der Waals surface area (Å²) in [7, 11) is 3.43. The molecule has 5 heteroatoms. The third-order valence-corrected chi connectivity index (χ3v) is 3.85. The summed E-state index contributed by atoms with van der Waals surface area (Å²) in [6.45, 7) is 4.26. The van der Waals surface area contributed by atoms with Crippen molar-refractivity contribution >= 4 is 18.4 Å². The summed E-state index contributed by atoms with van der Waals surface area (Å²) in [6, 6.07) is 7.74. The maximum absolute atomic E-state index is 11.6. The van der Waals surface area contributed by atoms with Gasteiger partial charge in [0.15, 0.2) is 0 Å². The van der Waals surface area contributed by atoms with Crippen molar-refractivity contribution in [3.8, 4) is 0 Å². The van der Waals surface area contributed by atoms with Crippen LogP contribution in [0.15, 0.2) is 24.3 Å². The standard InChI is InChI=1S/C16H24N2O2.ClH/c1-17-10-14-6-4-8-18(12-14)11-13-5-3-7-15(9-13)16(19)20-2;/h3,5,7,9,14,17H,4,6,8,10-12H2,1-2H3;1H. The van der Waals surface area contributed by atoms with Crippen LogP contribution in [0.1, 0.15) is 28.8 Å². The number of likely N-dealkylation sites (tertiary alicyclic amines) is 1. The van der Waals surface area contributed by atoms with Crippen LogP contribution in [0, 0.1) is 5.92 Å². The van der Waals surface area contributed by atoms with Crippen LogP contribution in [0.2, 0.25) is 0 Å². The van der Waals surface area contributed by atoms with Gasteiger partial charge in [-0.05, 0) is 56.6 Å². The minimum Gasteiger partial charge on any atom is -0.465 e. The van der Waals surface area contributed by atoms with Gasteiger partial charge in [0.25, 0.3) is 0 Å². The van der Waals surface area contributed by atoms with Crippen LogP contribution in [0.4, 0.5) is 0 Å². The molecular weight excluding hydrogens is 288 g/mol. The number of piperidine rings is 1. The predicted molar refractivity (Wildman–Crippen MR) is 87.0 cm³/mol. The SMILES string of the molecule is CNCC1CCCN(Cc2cccc(C(=O)OC)c2)C1.Cl. The molecule has 1 fully saturated rings. The molecule has 0 amide bonds. The Morgan fingerprint density at radius 1 is 1.48 bits per heavy atom. The molecule has 4 nitrogen and oxygen atoms in total. The van der Waals surface area contributed by atoms with E-state index in [1.165, 1.54) is 25.5 Å². The summed E-state index contributed by atoms with van der Waals surface area (Å²) in [5.74, 6) is 0.469. The summed E-state index contributed by atoms with van der Waals surface area (Å²) in [6.07, 6.45) is 2.56. The van der Waals surface area contributed by atoms with Crippen LogP contribution in [-0.2, 0) is 11.3 Å². The van der Waals surface area contributed by atoms with Gasteiger partial charge in [0, 0.05) is 13.1 Å². The van der Waals surface area contributed by atoms with Crippen molar-refractivity contribution in [2.45, 2.75) is 19.4 Å². The highest BCUT2D eigenvalue weighted by Gasteiger charge is 2.19. The van der Waals surface area contributed by atoms with Gasteiger partial charge in [-0.1, -0.05) is 12.1 Å². The summed E-state index contributed by atoms with van der Waals surface area (Å²) in [5.41, 5.74) is 1.81. The van der Waals surface area contributed by atoms with Crippen molar-refractivity contribution in [1.82, 2.24) is 10.2 Å². The topological polar surface area (TPSA) is 41.6 Å². The Bertz CT molecular complexity index is 452. The molecule has 21 heavy (non-hydrogen) atoms. The van der Waals surface area contributed by atoms with E-state index in [0.29, 0.717) is 5.56 Å². The second-order valence-corrected chi connectivity index (χ2v) is 5.49.